The van der Waals surface area contributed by atoms with Crippen LogP contribution in [0, 0.1) is 0 Å². The number of tetrazole rings is 1. The number of rotatable bonds is 6. The summed E-state index contributed by atoms with van der Waals surface area (Å²) in [7, 11) is 0. The van der Waals surface area contributed by atoms with Crippen LogP contribution in [-0.4, -0.2) is 31.2 Å². The number of nitrogens with zero attached hydrogens (tertiary/aromatic N) is 4. The van der Waals surface area contributed by atoms with Crippen molar-refractivity contribution in [1.82, 2.24) is 31.1 Å². The maximum atomic E-state index is 12.2. The van der Waals surface area contributed by atoms with Gasteiger partial charge >= 0.3 is 0 Å². The molecule has 0 aliphatic heterocycles. The normalized spacial score (nSPS) is 10.3. The first-order chi connectivity index (χ1) is 13.7. The number of thiocarbonyl (C=S) groups is 1. The summed E-state index contributed by atoms with van der Waals surface area (Å²) in [6.07, 6.45) is 4.91. The minimum atomic E-state index is -0.303. The van der Waals surface area contributed by atoms with Crippen molar-refractivity contribution in [2.24, 2.45) is 0 Å². The van der Waals surface area contributed by atoms with Crippen molar-refractivity contribution in [3.05, 3.63) is 66.0 Å². The number of carbonyl (C=O) groups excluding carboxylic acids is 1. The van der Waals surface area contributed by atoms with Crippen molar-refractivity contribution in [2.45, 2.75) is 26.2 Å². The summed E-state index contributed by atoms with van der Waals surface area (Å²) >= 11 is 5.22. The van der Waals surface area contributed by atoms with E-state index in [1.165, 1.54) is 29.4 Å². The molecule has 28 heavy (non-hydrogen) atoms. The predicted octanol–water partition coefficient (Wildman–Crippen LogP) is 2.64. The van der Waals surface area contributed by atoms with E-state index in [2.05, 4.69) is 50.8 Å². The van der Waals surface area contributed by atoms with Gasteiger partial charge < -0.3 is 5.32 Å². The molecule has 0 unspecified atom stereocenters. The number of aromatic nitrogens is 4. The van der Waals surface area contributed by atoms with Crippen molar-refractivity contribution in [1.29, 1.82) is 0 Å². The molecule has 0 saturated heterocycles. The topological polar surface area (TPSA) is 96.8 Å². The molecule has 3 aromatic rings. The highest BCUT2D eigenvalue weighted by Gasteiger charge is 2.07. The molecule has 0 atom stereocenters. The zero-order chi connectivity index (χ0) is 19.8. The Morgan fingerprint density at radius 2 is 1.82 bits per heavy atom. The third kappa shape index (κ3) is 5.34. The molecule has 1 amide bonds. The highest BCUT2D eigenvalue weighted by Crippen LogP contribution is 2.12. The van der Waals surface area contributed by atoms with Crippen LogP contribution in [0.3, 0.4) is 0 Å². The largest absolute Gasteiger partial charge is 0.331 e. The Labute approximate surface area is 168 Å². The van der Waals surface area contributed by atoms with Crippen molar-refractivity contribution >= 4 is 28.9 Å². The van der Waals surface area contributed by atoms with Crippen molar-refractivity contribution in [3.8, 4) is 5.69 Å². The fraction of sp³-hybridized carbons (Fsp3) is 0.211. The number of benzene rings is 2. The average molecular weight is 395 g/mol. The minimum absolute atomic E-state index is 0.303. The number of unbranched alkanes of at least 4 members (excludes halogenated alkanes) is 1. The summed E-state index contributed by atoms with van der Waals surface area (Å²) in [4.78, 5) is 12.2. The van der Waals surface area contributed by atoms with Crippen LogP contribution in [0.2, 0.25) is 0 Å². The number of amides is 1. The third-order valence-corrected chi connectivity index (χ3v) is 4.27. The van der Waals surface area contributed by atoms with E-state index < -0.39 is 0 Å². The first-order valence-electron chi connectivity index (χ1n) is 8.95. The SMILES string of the molecule is CCCCc1ccc(NC(=S)NNC(=O)c2ccc(-n3cnnn3)cc2)cc1. The molecule has 0 aliphatic carbocycles. The van der Waals surface area contributed by atoms with Gasteiger partial charge in [0.2, 0.25) is 0 Å². The quantitative estimate of drug-likeness (QED) is 0.436. The lowest BCUT2D eigenvalue weighted by molar-refractivity contribution is 0.0944. The zero-order valence-corrected chi connectivity index (χ0v) is 16.2. The molecule has 8 nitrogen and oxygen atoms in total. The Balaban J connectivity index is 1.48. The maximum Gasteiger partial charge on any atom is 0.269 e. The molecular formula is C19H21N7OS. The van der Waals surface area contributed by atoms with Gasteiger partial charge in [-0.05, 0) is 77.4 Å². The first-order valence-corrected chi connectivity index (χ1v) is 9.36. The van der Waals surface area contributed by atoms with Gasteiger partial charge in [0.05, 0.1) is 5.69 Å². The number of hydrogen-bond donors (Lipinski definition) is 3. The van der Waals surface area contributed by atoms with Crippen LogP contribution in [0.5, 0.6) is 0 Å². The third-order valence-electron chi connectivity index (χ3n) is 4.06. The van der Waals surface area contributed by atoms with E-state index in [0.29, 0.717) is 10.7 Å². The molecule has 1 aromatic heterocycles. The highest BCUT2D eigenvalue weighted by atomic mass is 32.1. The summed E-state index contributed by atoms with van der Waals surface area (Å²) in [5, 5.41) is 14.3. The van der Waals surface area contributed by atoms with Crippen LogP contribution < -0.4 is 16.2 Å². The predicted molar refractivity (Wildman–Crippen MR) is 111 cm³/mol. The number of carbonyl (C=O) groups is 1. The van der Waals surface area contributed by atoms with Crippen LogP contribution >= 0.6 is 12.2 Å². The molecule has 0 spiro atoms. The molecule has 0 bridgehead atoms. The molecular weight excluding hydrogens is 374 g/mol. The minimum Gasteiger partial charge on any atom is -0.331 e. The number of hydrogen-bond acceptors (Lipinski definition) is 5. The average Bonchev–Trinajstić information content (AvgIpc) is 3.26. The fourth-order valence-corrected chi connectivity index (χ4v) is 2.70. The number of nitrogens with one attached hydrogen (secondary N) is 3. The summed E-state index contributed by atoms with van der Waals surface area (Å²) in [5.41, 5.74) is 8.67. The first kappa shape index (κ1) is 19.4. The monoisotopic (exact) mass is 395 g/mol. The number of anilines is 1. The molecule has 0 aliphatic rings. The van der Waals surface area contributed by atoms with E-state index in [1.54, 1.807) is 24.3 Å². The lowest BCUT2D eigenvalue weighted by Crippen LogP contribution is -2.43. The van der Waals surface area contributed by atoms with Gasteiger partial charge in [-0.15, -0.1) is 5.10 Å². The molecule has 2 aromatic carbocycles. The van der Waals surface area contributed by atoms with Crippen molar-refractivity contribution in [3.63, 3.8) is 0 Å². The molecule has 9 heteroatoms. The Bertz CT molecular complexity index is 908. The molecule has 0 fully saturated rings. The van der Waals surface area contributed by atoms with E-state index in [4.69, 9.17) is 12.2 Å². The van der Waals surface area contributed by atoms with Gasteiger partial charge in [0, 0.05) is 11.3 Å². The van der Waals surface area contributed by atoms with E-state index in [0.717, 1.165) is 17.8 Å². The van der Waals surface area contributed by atoms with Crippen LogP contribution in [0.1, 0.15) is 35.7 Å². The van der Waals surface area contributed by atoms with Gasteiger partial charge in [0.15, 0.2) is 5.11 Å². The Morgan fingerprint density at radius 1 is 1.07 bits per heavy atom. The second kappa shape index (κ2) is 9.56. The Kier molecular flexibility index (Phi) is 6.64. The van der Waals surface area contributed by atoms with Crippen LogP contribution in [0.15, 0.2) is 54.9 Å². The van der Waals surface area contributed by atoms with Gasteiger partial charge in [-0.1, -0.05) is 25.5 Å². The molecule has 1 heterocycles. The second-order valence-electron chi connectivity index (χ2n) is 6.13. The standard InChI is InChI=1S/C19H21N7OS/c1-2-3-4-14-5-9-16(10-6-14)21-19(28)23-22-18(27)15-7-11-17(12-8-15)26-13-20-24-25-26/h5-13H,2-4H2,1H3,(H,22,27)(H2,21,23,28). The zero-order valence-electron chi connectivity index (χ0n) is 15.4. The molecule has 0 radical (unpaired) electrons. The number of hydrazine groups is 1. The van der Waals surface area contributed by atoms with E-state index in [1.807, 2.05) is 12.1 Å². The van der Waals surface area contributed by atoms with E-state index in [9.17, 15) is 4.79 Å². The summed E-state index contributed by atoms with van der Waals surface area (Å²) in [6, 6.07) is 15.0. The smallest absolute Gasteiger partial charge is 0.269 e. The van der Waals surface area contributed by atoms with Gasteiger partial charge in [-0.25, -0.2) is 4.68 Å². The van der Waals surface area contributed by atoms with Gasteiger partial charge in [-0.3, -0.25) is 15.6 Å². The van der Waals surface area contributed by atoms with Gasteiger partial charge in [0.1, 0.15) is 6.33 Å². The summed E-state index contributed by atoms with van der Waals surface area (Å²) < 4.78 is 1.51. The second-order valence-corrected chi connectivity index (χ2v) is 6.54. The maximum absolute atomic E-state index is 12.2. The van der Waals surface area contributed by atoms with Crippen LogP contribution in [0.25, 0.3) is 5.69 Å². The lowest BCUT2D eigenvalue weighted by atomic mass is 10.1. The lowest BCUT2D eigenvalue weighted by Gasteiger charge is -2.12. The van der Waals surface area contributed by atoms with E-state index >= 15 is 0 Å². The molecule has 3 N–H and O–H groups in total. The van der Waals surface area contributed by atoms with Gasteiger partial charge in [-0.2, -0.15) is 0 Å². The van der Waals surface area contributed by atoms with Crippen molar-refractivity contribution < 1.29 is 4.79 Å². The Hall–Kier alpha value is -3.33. The van der Waals surface area contributed by atoms with Crippen molar-refractivity contribution in [2.75, 3.05) is 5.32 Å². The summed E-state index contributed by atoms with van der Waals surface area (Å²) in [5.74, 6) is -0.303. The van der Waals surface area contributed by atoms with Gasteiger partial charge in [0.25, 0.3) is 5.91 Å². The van der Waals surface area contributed by atoms with E-state index in [-0.39, 0.29) is 5.91 Å². The van der Waals surface area contributed by atoms with Crippen LogP contribution in [-0.2, 0) is 6.42 Å². The summed E-state index contributed by atoms with van der Waals surface area (Å²) in [6.45, 7) is 2.18. The fourth-order valence-electron chi connectivity index (χ4n) is 2.53. The molecule has 3 rings (SSSR count). The number of aryl methyl sites for hydroxylation is 1. The van der Waals surface area contributed by atoms with Crippen LogP contribution in [0.4, 0.5) is 5.69 Å². The molecule has 144 valence electrons. The highest BCUT2D eigenvalue weighted by molar-refractivity contribution is 7.80. The molecule has 0 saturated carbocycles. The Morgan fingerprint density at radius 3 is 2.46 bits per heavy atom.